The summed E-state index contributed by atoms with van der Waals surface area (Å²) >= 11 is 0. The van der Waals surface area contributed by atoms with Gasteiger partial charge in [0.15, 0.2) is 0 Å². The Kier molecular flexibility index (Phi) is 6.92. The predicted octanol–water partition coefficient (Wildman–Crippen LogP) is 4.04. The van der Waals surface area contributed by atoms with Crippen LogP contribution in [-0.4, -0.2) is 16.1 Å². The minimum Gasteiger partial charge on any atom is -0.478 e. The van der Waals surface area contributed by atoms with Gasteiger partial charge in [0.1, 0.15) is 0 Å². The fourth-order valence-electron chi connectivity index (χ4n) is 2.74. The first-order valence-corrected chi connectivity index (χ1v) is 8.72. The van der Waals surface area contributed by atoms with E-state index in [9.17, 15) is 15.2 Å². The largest absolute Gasteiger partial charge is 0.478 e. The van der Waals surface area contributed by atoms with Crippen LogP contribution in [0.5, 0.6) is 0 Å². The zero-order valence-corrected chi connectivity index (χ0v) is 14.9. The van der Waals surface area contributed by atoms with Gasteiger partial charge in [0.05, 0.1) is 22.9 Å². The Morgan fingerprint density at radius 1 is 1.23 bits per heavy atom. The van der Waals surface area contributed by atoms with Crippen molar-refractivity contribution in [1.29, 1.82) is 5.26 Å². The first-order chi connectivity index (χ1) is 12.6. The van der Waals surface area contributed by atoms with E-state index in [1.165, 1.54) is 0 Å². The summed E-state index contributed by atoms with van der Waals surface area (Å²) in [4.78, 5) is 16.0. The smallest absolute Gasteiger partial charge is 0.333 e. The quantitative estimate of drug-likeness (QED) is 0.553. The third-order valence-electron chi connectivity index (χ3n) is 4.22. The number of carbonyl (C=O) groups is 1. The Morgan fingerprint density at radius 2 is 2.00 bits per heavy atom. The van der Waals surface area contributed by atoms with Gasteiger partial charge in [-0.25, -0.2) is 4.79 Å². The van der Waals surface area contributed by atoms with Gasteiger partial charge < -0.3 is 10.8 Å². The number of benzene rings is 1. The van der Waals surface area contributed by atoms with Crippen molar-refractivity contribution in [3.05, 3.63) is 65.0 Å². The molecule has 0 radical (unpaired) electrons. The normalized spacial score (nSPS) is 11.5. The van der Waals surface area contributed by atoms with Crippen molar-refractivity contribution in [1.82, 2.24) is 4.98 Å². The van der Waals surface area contributed by atoms with Crippen molar-refractivity contribution >= 4 is 5.97 Å². The van der Waals surface area contributed by atoms with Gasteiger partial charge in [-0.05, 0) is 30.5 Å². The number of hydrogen-bond donors (Lipinski definition) is 2. The van der Waals surface area contributed by atoms with Gasteiger partial charge in [0.25, 0.3) is 0 Å². The molecular formula is C21H23N3O2. The van der Waals surface area contributed by atoms with Crippen LogP contribution in [0.15, 0.2) is 53.9 Å². The maximum atomic E-state index is 11.6. The number of carboxylic acids is 1. The Balaban J connectivity index is 2.20. The van der Waals surface area contributed by atoms with E-state index in [2.05, 4.69) is 18.0 Å². The van der Waals surface area contributed by atoms with E-state index < -0.39 is 5.97 Å². The maximum absolute atomic E-state index is 11.6. The number of pyridine rings is 1. The second-order valence-corrected chi connectivity index (χ2v) is 6.15. The first kappa shape index (κ1) is 19.2. The SMILES string of the molecule is CCCCC/C(N)=C(\Cc1ccc(-c2ccccc2C#N)nc1)C(=O)O. The zero-order valence-electron chi connectivity index (χ0n) is 14.9. The van der Waals surface area contributed by atoms with E-state index in [1.807, 2.05) is 24.3 Å². The summed E-state index contributed by atoms with van der Waals surface area (Å²) in [5.41, 5.74) is 9.45. The average Bonchev–Trinajstić information content (AvgIpc) is 2.66. The minimum absolute atomic E-state index is 0.230. The first-order valence-electron chi connectivity index (χ1n) is 8.72. The summed E-state index contributed by atoms with van der Waals surface area (Å²) in [6, 6.07) is 13.0. The van der Waals surface area contributed by atoms with Gasteiger partial charge >= 0.3 is 5.97 Å². The van der Waals surface area contributed by atoms with E-state index in [4.69, 9.17) is 5.73 Å². The van der Waals surface area contributed by atoms with Crippen LogP contribution < -0.4 is 5.73 Å². The van der Waals surface area contributed by atoms with E-state index in [-0.39, 0.29) is 12.0 Å². The number of aromatic nitrogens is 1. The van der Waals surface area contributed by atoms with Gasteiger partial charge in [-0.2, -0.15) is 5.26 Å². The highest BCUT2D eigenvalue weighted by Gasteiger charge is 2.14. The fraction of sp³-hybridized carbons (Fsp3) is 0.286. The lowest BCUT2D eigenvalue weighted by atomic mass is 10.0. The molecule has 2 aromatic rings. The maximum Gasteiger partial charge on any atom is 0.333 e. The molecule has 1 aromatic heterocycles. The Hall–Kier alpha value is -3.13. The molecule has 2 rings (SSSR count). The number of unbranched alkanes of at least 4 members (excludes halogenated alkanes) is 2. The van der Waals surface area contributed by atoms with Crippen LogP contribution in [0.1, 0.15) is 43.7 Å². The topological polar surface area (TPSA) is 100 Å². The van der Waals surface area contributed by atoms with Crippen molar-refractivity contribution in [2.24, 2.45) is 5.73 Å². The molecule has 0 aliphatic rings. The molecular weight excluding hydrogens is 326 g/mol. The molecule has 0 unspecified atom stereocenters. The molecule has 0 amide bonds. The van der Waals surface area contributed by atoms with Gasteiger partial charge in [-0.1, -0.05) is 44.0 Å². The summed E-state index contributed by atoms with van der Waals surface area (Å²) in [5, 5.41) is 18.7. The second kappa shape index (κ2) is 9.38. The highest BCUT2D eigenvalue weighted by atomic mass is 16.4. The molecule has 134 valence electrons. The Labute approximate surface area is 153 Å². The number of allylic oxidation sites excluding steroid dienone is 1. The third kappa shape index (κ3) is 4.93. The highest BCUT2D eigenvalue weighted by Crippen LogP contribution is 2.22. The number of aliphatic carboxylic acids is 1. The summed E-state index contributed by atoms with van der Waals surface area (Å²) in [6.45, 7) is 2.09. The van der Waals surface area contributed by atoms with E-state index in [1.54, 1.807) is 18.3 Å². The third-order valence-corrected chi connectivity index (χ3v) is 4.22. The lowest BCUT2D eigenvalue weighted by Gasteiger charge is -2.09. The molecule has 1 aromatic carbocycles. The van der Waals surface area contributed by atoms with Crippen LogP contribution in [0.2, 0.25) is 0 Å². The number of nitrogens with two attached hydrogens (primary N) is 1. The van der Waals surface area contributed by atoms with Crippen LogP contribution in [0.4, 0.5) is 0 Å². The van der Waals surface area contributed by atoms with E-state index in [0.29, 0.717) is 23.4 Å². The number of carboxylic acid groups (broad SMARTS) is 1. The molecule has 0 spiro atoms. The number of hydrogen-bond acceptors (Lipinski definition) is 4. The molecule has 0 bridgehead atoms. The Bertz CT molecular complexity index is 833. The highest BCUT2D eigenvalue weighted by molar-refractivity contribution is 5.88. The van der Waals surface area contributed by atoms with Crippen molar-refractivity contribution < 1.29 is 9.90 Å². The number of rotatable bonds is 8. The number of nitrogens with zero attached hydrogens (tertiary/aromatic N) is 2. The molecule has 0 aliphatic carbocycles. The molecule has 1 heterocycles. The molecule has 5 nitrogen and oxygen atoms in total. The second-order valence-electron chi connectivity index (χ2n) is 6.15. The van der Waals surface area contributed by atoms with Crippen LogP contribution in [-0.2, 0) is 11.2 Å². The van der Waals surface area contributed by atoms with Crippen LogP contribution in [0, 0.1) is 11.3 Å². The van der Waals surface area contributed by atoms with Crippen LogP contribution >= 0.6 is 0 Å². The van der Waals surface area contributed by atoms with Crippen molar-refractivity contribution in [2.75, 3.05) is 0 Å². The number of nitriles is 1. The summed E-state index contributed by atoms with van der Waals surface area (Å²) in [5.74, 6) is -0.988. The van der Waals surface area contributed by atoms with Crippen molar-refractivity contribution in [2.45, 2.75) is 39.0 Å². The summed E-state index contributed by atoms with van der Waals surface area (Å²) < 4.78 is 0. The molecule has 5 heteroatoms. The summed E-state index contributed by atoms with van der Waals surface area (Å²) in [6.07, 6.45) is 5.46. The lowest BCUT2D eigenvalue weighted by Crippen LogP contribution is -2.13. The summed E-state index contributed by atoms with van der Waals surface area (Å²) in [7, 11) is 0. The molecule has 3 N–H and O–H groups in total. The molecule has 0 saturated carbocycles. The average molecular weight is 349 g/mol. The molecule has 0 atom stereocenters. The van der Waals surface area contributed by atoms with Gasteiger partial charge in [-0.3, -0.25) is 4.98 Å². The predicted molar refractivity (Wildman–Crippen MR) is 101 cm³/mol. The van der Waals surface area contributed by atoms with Gasteiger partial charge in [0.2, 0.25) is 0 Å². The van der Waals surface area contributed by atoms with Gasteiger partial charge in [0, 0.05) is 23.9 Å². The van der Waals surface area contributed by atoms with Crippen LogP contribution in [0.3, 0.4) is 0 Å². The molecule has 0 saturated heterocycles. The van der Waals surface area contributed by atoms with Crippen LogP contribution in [0.25, 0.3) is 11.3 Å². The molecule has 0 fully saturated rings. The molecule has 26 heavy (non-hydrogen) atoms. The van der Waals surface area contributed by atoms with Crippen molar-refractivity contribution in [3.63, 3.8) is 0 Å². The van der Waals surface area contributed by atoms with Gasteiger partial charge in [-0.15, -0.1) is 0 Å². The minimum atomic E-state index is -0.988. The van der Waals surface area contributed by atoms with E-state index in [0.717, 1.165) is 30.4 Å². The monoisotopic (exact) mass is 349 g/mol. The fourth-order valence-corrected chi connectivity index (χ4v) is 2.74. The van der Waals surface area contributed by atoms with Crippen molar-refractivity contribution in [3.8, 4) is 17.3 Å². The zero-order chi connectivity index (χ0) is 18.9. The Morgan fingerprint density at radius 3 is 2.62 bits per heavy atom. The molecule has 0 aliphatic heterocycles. The lowest BCUT2D eigenvalue weighted by molar-refractivity contribution is -0.132. The standard InChI is InChI=1S/C21H23N3O2/c1-2-3-4-9-19(23)18(21(25)26)12-15-10-11-20(24-14-15)17-8-6-5-7-16(17)13-22/h5-8,10-11,14H,2-4,9,12,23H2,1H3,(H,25,26)/b19-18-. The van der Waals surface area contributed by atoms with E-state index >= 15 is 0 Å².